The van der Waals surface area contributed by atoms with Crippen molar-refractivity contribution in [2.24, 2.45) is 63.7 Å². The third-order valence-corrected chi connectivity index (χ3v) is 13.3. The molecule has 0 amide bonds. The van der Waals surface area contributed by atoms with Gasteiger partial charge in [0.15, 0.2) is 5.79 Å². The lowest BCUT2D eigenvalue weighted by molar-refractivity contribution is -0.180. The van der Waals surface area contributed by atoms with Gasteiger partial charge in [0.2, 0.25) is 0 Å². The Morgan fingerprint density at radius 3 is 2.23 bits per heavy atom. The van der Waals surface area contributed by atoms with Gasteiger partial charge in [-0.25, -0.2) is 4.18 Å². The van der Waals surface area contributed by atoms with Crippen LogP contribution in [0.15, 0.2) is 0 Å². The number of hydrogen-bond donors (Lipinski definition) is 6. The van der Waals surface area contributed by atoms with Crippen LogP contribution in [0.2, 0.25) is 0 Å². The Bertz CT molecular complexity index is 976. The standard InChI is InChI=1S/C27H48O6S.C7H19N3/c1-17(2)27(29,33-34(30,31)32)15-11-18(3)20-9-10-21-24-22(12-14-26(20,21)5)25(4)13-7-6-8-19(25)16-23(24)28;8-4-1-2-6-10-7-3-5-9/h17-24,28-29H,6-16H2,1-5H3,(H,30,31,32);10H,1-9H2/t18-,19-,20-,21?,22?,23-,24?,25+,26-,27-;/m1./s1. The van der Waals surface area contributed by atoms with Crippen molar-refractivity contribution >= 4 is 10.4 Å². The van der Waals surface area contributed by atoms with E-state index in [4.69, 9.17) is 15.7 Å². The molecule has 0 aromatic rings. The fourth-order valence-corrected chi connectivity index (χ4v) is 10.9. The van der Waals surface area contributed by atoms with E-state index < -0.39 is 22.1 Å². The van der Waals surface area contributed by atoms with Gasteiger partial charge in [-0.1, -0.05) is 47.5 Å². The van der Waals surface area contributed by atoms with Crippen LogP contribution in [0.5, 0.6) is 0 Å². The Morgan fingerprint density at radius 2 is 1.59 bits per heavy atom. The van der Waals surface area contributed by atoms with Crippen LogP contribution in [-0.4, -0.2) is 61.3 Å². The van der Waals surface area contributed by atoms with E-state index in [9.17, 15) is 23.2 Å². The number of nitrogens with two attached hydrogens (primary N) is 2. The van der Waals surface area contributed by atoms with Crippen molar-refractivity contribution in [1.29, 1.82) is 0 Å². The summed E-state index contributed by atoms with van der Waals surface area (Å²) in [6.45, 7) is 14.3. The summed E-state index contributed by atoms with van der Waals surface area (Å²) in [6.07, 6.45) is 14.9. The molecule has 3 unspecified atom stereocenters. The predicted octanol–water partition coefficient (Wildman–Crippen LogP) is 5.25. The number of rotatable bonds is 14. The molecule has 4 rings (SSSR count). The minimum absolute atomic E-state index is 0.164. The average molecular weight is 646 g/mol. The van der Waals surface area contributed by atoms with Gasteiger partial charge in [-0.05, 0) is 143 Å². The van der Waals surface area contributed by atoms with E-state index in [-0.39, 0.29) is 17.9 Å². The maximum atomic E-state index is 11.4. The van der Waals surface area contributed by atoms with Gasteiger partial charge in [0.1, 0.15) is 0 Å². The predicted molar refractivity (Wildman–Crippen MR) is 177 cm³/mol. The highest BCUT2D eigenvalue weighted by Gasteiger charge is 2.62. The summed E-state index contributed by atoms with van der Waals surface area (Å²) in [5.74, 6) is 0.633. The van der Waals surface area contributed by atoms with Crippen molar-refractivity contribution in [2.45, 2.75) is 136 Å². The first kappa shape index (κ1) is 38.1. The molecule has 0 aromatic heterocycles. The lowest BCUT2D eigenvalue weighted by Gasteiger charge is -2.62. The monoisotopic (exact) mass is 645 g/mol. The third kappa shape index (κ3) is 8.97. The van der Waals surface area contributed by atoms with Crippen LogP contribution < -0.4 is 16.8 Å². The van der Waals surface area contributed by atoms with Crippen LogP contribution in [0.25, 0.3) is 0 Å². The van der Waals surface area contributed by atoms with Gasteiger partial charge in [0.05, 0.1) is 6.10 Å². The van der Waals surface area contributed by atoms with Crippen molar-refractivity contribution < 1.29 is 27.4 Å². The first-order valence-electron chi connectivity index (χ1n) is 17.8. The average Bonchev–Trinajstić information content (AvgIpc) is 3.30. The summed E-state index contributed by atoms with van der Waals surface area (Å²) >= 11 is 0. The molecule has 4 aliphatic carbocycles. The number of aliphatic hydroxyl groups excluding tert-OH is 1. The van der Waals surface area contributed by atoms with Gasteiger partial charge < -0.3 is 27.0 Å². The molecule has 4 aliphatic rings. The Hall–Kier alpha value is -0.330. The van der Waals surface area contributed by atoms with Crippen molar-refractivity contribution in [3.05, 3.63) is 0 Å². The first-order valence-corrected chi connectivity index (χ1v) is 19.2. The topological polar surface area (TPSA) is 168 Å². The second kappa shape index (κ2) is 16.2. The zero-order valence-electron chi connectivity index (χ0n) is 28.5. The molecule has 0 heterocycles. The number of unbranched alkanes of at least 4 members (excludes halogenated alkanes) is 1. The summed E-state index contributed by atoms with van der Waals surface area (Å²) in [4.78, 5) is 0. The van der Waals surface area contributed by atoms with Crippen LogP contribution in [-0.2, 0) is 14.6 Å². The number of aliphatic hydroxyl groups is 2. The van der Waals surface area contributed by atoms with Gasteiger partial charge in [0.25, 0.3) is 0 Å². The van der Waals surface area contributed by atoms with Gasteiger partial charge in [-0.15, -0.1) is 0 Å². The highest BCUT2D eigenvalue weighted by molar-refractivity contribution is 7.80. The molecule has 44 heavy (non-hydrogen) atoms. The minimum atomic E-state index is -4.74. The smallest absolute Gasteiger partial charge is 0.393 e. The SMILES string of the molecule is CC(C)[C@@](O)(CC[C@@H](C)[C@H]1CCC2C3C(CC[C@@]21C)[C@@]1(C)CCCC[C@@H]1C[C@H]3O)OS(=O)(=O)O.NCCCCNCCCN. The Morgan fingerprint density at radius 1 is 0.932 bits per heavy atom. The lowest BCUT2D eigenvalue weighted by Crippen LogP contribution is -2.57. The Labute approximate surface area is 269 Å². The quantitative estimate of drug-likeness (QED) is 0.0840. The molecule has 8 N–H and O–H groups in total. The Kier molecular flexibility index (Phi) is 14.0. The molecule has 0 aromatic carbocycles. The van der Waals surface area contributed by atoms with Crippen molar-refractivity contribution in [1.82, 2.24) is 5.32 Å². The van der Waals surface area contributed by atoms with Crippen molar-refractivity contribution in [3.8, 4) is 0 Å². The molecule has 10 heteroatoms. The van der Waals surface area contributed by atoms with E-state index in [1.54, 1.807) is 13.8 Å². The molecule has 0 aliphatic heterocycles. The second-order valence-corrected chi connectivity index (χ2v) is 16.7. The largest absolute Gasteiger partial charge is 0.400 e. The van der Waals surface area contributed by atoms with Crippen LogP contribution in [0.4, 0.5) is 0 Å². The summed E-state index contributed by atoms with van der Waals surface area (Å²) in [5.41, 5.74) is 11.2. The van der Waals surface area contributed by atoms with E-state index in [0.717, 1.165) is 58.3 Å². The molecule has 4 fully saturated rings. The van der Waals surface area contributed by atoms with Crippen LogP contribution in [0.1, 0.15) is 125 Å². The Balaban J connectivity index is 0.000000456. The third-order valence-electron chi connectivity index (χ3n) is 12.8. The molecule has 260 valence electrons. The van der Waals surface area contributed by atoms with Gasteiger partial charge in [0, 0.05) is 12.3 Å². The highest BCUT2D eigenvalue weighted by Crippen LogP contribution is 2.68. The lowest BCUT2D eigenvalue weighted by atomic mass is 9.44. The fourth-order valence-electron chi connectivity index (χ4n) is 10.2. The maximum Gasteiger partial charge on any atom is 0.400 e. The van der Waals surface area contributed by atoms with Gasteiger partial charge in [-0.3, -0.25) is 4.55 Å². The van der Waals surface area contributed by atoms with Crippen LogP contribution in [0, 0.1) is 52.3 Å². The molecule has 10 atom stereocenters. The zero-order valence-corrected chi connectivity index (χ0v) is 29.3. The normalized spacial score (nSPS) is 37.2. The number of hydrogen-bond acceptors (Lipinski definition) is 8. The number of nitrogens with one attached hydrogen (secondary N) is 1. The molecular weight excluding hydrogens is 578 g/mol. The maximum absolute atomic E-state index is 11.4. The van der Waals surface area contributed by atoms with E-state index in [2.05, 4.69) is 26.1 Å². The molecule has 9 nitrogen and oxygen atoms in total. The van der Waals surface area contributed by atoms with E-state index in [0.29, 0.717) is 47.3 Å². The van der Waals surface area contributed by atoms with Crippen molar-refractivity contribution in [3.63, 3.8) is 0 Å². The van der Waals surface area contributed by atoms with Gasteiger partial charge >= 0.3 is 10.4 Å². The fraction of sp³-hybridized carbons (Fsp3) is 1.00. The summed E-state index contributed by atoms with van der Waals surface area (Å²) in [7, 11) is -4.74. The van der Waals surface area contributed by atoms with E-state index in [1.807, 2.05) is 0 Å². The number of fused-ring (bicyclic) bond motifs is 5. The molecule has 0 spiro atoms. The highest BCUT2D eigenvalue weighted by atomic mass is 32.3. The molecular formula is C34H67N3O6S. The molecule has 0 bridgehead atoms. The second-order valence-electron chi connectivity index (χ2n) is 15.7. The summed E-state index contributed by atoms with van der Waals surface area (Å²) in [5, 5.41) is 25.5. The van der Waals surface area contributed by atoms with E-state index in [1.165, 1.54) is 44.9 Å². The van der Waals surface area contributed by atoms with Gasteiger partial charge in [-0.2, -0.15) is 8.42 Å². The van der Waals surface area contributed by atoms with Crippen LogP contribution >= 0.6 is 0 Å². The molecule has 0 radical (unpaired) electrons. The van der Waals surface area contributed by atoms with Crippen LogP contribution in [0.3, 0.4) is 0 Å². The van der Waals surface area contributed by atoms with E-state index >= 15 is 0 Å². The zero-order chi connectivity index (χ0) is 32.8. The molecule has 0 saturated heterocycles. The van der Waals surface area contributed by atoms with Crippen molar-refractivity contribution in [2.75, 3.05) is 26.2 Å². The molecule has 4 saturated carbocycles. The minimum Gasteiger partial charge on any atom is -0.393 e. The first-order chi connectivity index (χ1) is 20.6. The summed E-state index contributed by atoms with van der Waals surface area (Å²) in [6, 6.07) is 0. The summed E-state index contributed by atoms with van der Waals surface area (Å²) < 4.78 is 36.6.